The number of carbonyl (C=O) groups is 1. The van der Waals surface area contributed by atoms with E-state index < -0.39 is 0 Å². The lowest BCUT2D eigenvalue weighted by atomic mass is 9.96. The number of hydrogen-bond donors (Lipinski definition) is 1. The van der Waals surface area contributed by atoms with Gasteiger partial charge in [0.2, 0.25) is 5.91 Å². The van der Waals surface area contributed by atoms with Crippen LogP contribution in [0.15, 0.2) is 85.1 Å². The molecule has 5 nitrogen and oxygen atoms in total. The van der Waals surface area contributed by atoms with Crippen LogP contribution in [0.4, 0.5) is 0 Å². The lowest BCUT2D eigenvalue weighted by Crippen LogP contribution is -2.34. The molecule has 1 unspecified atom stereocenters. The van der Waals surface area contributed by atoms with E-state index in [1.807, 2.05) is 77.8 Å². The van der Waals surface area contributed by atoms with Crippen molar-refractivity contribution < 1.29 is 14.3 Å². The fourth-order valence-corrected chi connectivity index (χ4v) is 4.10. The predicted octanol–water partition coefficient (Wildman–Crippen LogP) is 5.78. The number of para-hydroxylation sites is 3. The van der Waals surface area contributed by atoms with Crippen LogP contribution < -0.4 is 9.47 Å². The number of nitrogens with one attached hydrogen (secondary N) is 1. The zero-order valence-corrected chi connectivity index (χ0v) is 19.2. The van der Waals surface area contributed by atoms with Crippen molar-refractivity contribution in [1.82, 2.24) is 9.88 Å². The Labute approximate surface area is 195 Å². The first kappa shape index (κ1) is 22.5. The molecule has 170 valence electrons. The van der Waals surface area contributed by atoms with Crippen molar-refractivity contribution in [3.63, 3.8) is 0 Å². The van der Waals surface area contributed by atoms with E-state index in [4.69, 9.17) is 9.47 Å². The van der Waals surface area contributed by atoms with E-state index in [1.54, 1.807) is 7.11 Å². The molecule has 0 saturated carbocycles. The average Bonchev–Trinajstić information content (AvgIpc) is 3.29. The van der Waals surface area contributed by atoms with Crippen molar-refractivity contribution >= 4 is 16.8 Å². The van der Waals surface area contributed by atoms with Crippen molar-refractivity contribution in [2.75, 3.05) is 20.3 Å². The Hall–Kier alpha value is -3.73. The summed E-state index contributed by atoms with van der Waals surface area (Å²) in [5.74, 6) is 1.58. The number of H-pyrrole nitrogens is 1. The van der Waals surface area contributed by atoms with Gasteiger partial charge >= 0.3 is 0 Å². The molecule has 1 N–H and O–H groups in total. The highest BCUT2D eigenvalue weighted by Gasteiger charge is 2.20. The number of ether oxygens (including phenoxy) is 2. The molecule has 1 atom stereocenters. The minimum atomic E-state index is 0.0991. The van der Waals surface area contributed by atoms with Gasteiger partial charge in [0.25, 0.3) is 0 Å². The Morgan fingerprint density at radius 1 is 0.939 bits per heavy atom. The highest BCUT2D eigenvalue weighted by atomic mass is 16.5. The number of fused-ring (bicyclic) bond motifs is 1. The molecule has 1 aromatic heterocycles. The molecule has 5 heteroatoms. The number of rotatable bonds is 10. The number of nitrogens with zero attached hydrogens (tertiary/aromatic N) is 1. The van der Waals surface area contributed by atoms with E-state index in [1.165, 1.54) is 10.9 Å². The van der Waals surface area contributed by atoms with Crippen LogP contribution in [0.25, 0.3) is 10.9 Å². The molecule has 0 aliphatic heterocycles. The Morgan fingerprint density at radius 2 is 1.64 bits per heavy atom. The molecule has 3 aromatic carbocycles. The summed E-state index contributed by atoms with van der Waals surface area (Å²) in [6.07, 6.45) is 2.46. The van der Waals surface area contributed by atoms with Crippen LogP contribution >= 0.6 is 0 Å². The van der Waals surface area contributed by atoms with Crippen LogP contribution in [0.5, 0.6) is 11.5 Å². The first-order chi connectivity index (χ1) is 16.2. The van der Waals surface area contributed by atoms with Gasteiger partial charge in [0.1, 0.15) is 6.61 Å². The van der Waals surface area contributed by atoms with Crippen LogP contribution in [0.3, 0.4) is 0 Å². The van der Waals surface area contributed by atoms with E-state index in [9.17, 15) is 4.79 Å². The second-order valence-corrected chi connectivity index (χ2v) is 8.19. The first-order valence-electron chi connectivity index (χ1n) is 11.3. The number of amides is 1. The Morgan fingerprint density at radius 3 is 2.42 bits per heavy atom. The summed E-state index contributed by atoms with van der Waals surface area (Å²) in [7, 11) is 1.62. The summed E-state index contributed by atoms with van der Waals surface area (Å²) in [4.78, 5) is 18.6. The third kappa shape index (κ3) is 5.55. The number of hydrogen-bond acceptors (Lipinski definition) is 3. The van der Waals surface area contributed by atoms with Crippen LogP contribution in [0, 0.1) is 0 Å². The number of benzene rings is 3. The van der Waals surface area contributed by atoms with E-state index in [0.717, 1.165) is 11.1 Å². The molecule has 0 fully saturated rings. The molecule has 4 rings (SSSR count). The van der Waals surface area contributed by atoms with Crippen molar-refractivity contribution in [3.8, 4) is 11.5 Å². The maximum Gasteiger partial charge on any atom is 0.223 e. The third-order valence-corrected chi connectivity index (χ3v) is 5.89. The second kappa shape index (κ2) is 10.7. The third-order valence-electron chi connectivity index (χ3n) is 5.89. The normalized spacial score (nSPS) is 11.8. The van der Waals surface area contributed by atoms with E-state index in [0.29, 0.717) is 37.6 Å². The van der Waals surface area contributed by atoms with Gasteiger partial charge in [-0.05, 0) is 35.2 Å². The van der Waals surface area contributed by atoms with E-state index in [2.05, 4.69) is 24.0 Å². The summed E-state index contributed by atoms with van der Waals surface area (Å²) < 4.78 is 11.3. The van der Waals surface area contributed by atoms with Crippen LogP contribution in [-0.4, -0.2) is 36.1 Å². The number of methoxy groups -OCH3 is 1. The molecule has 4 aromatic rings. The average molecular weight is 443 g/mol. The van der Waals surface area contributed by atoms with Crippen LogP contribution in [0.2, 0.25) is 0 Å². The quantitative estimate of drug-likeness (QED) is 0.339. The molecule has 0 saturated heterocycles. The first-order valence-corrected chi connectivity index (χ1v) is 11.3. The standard InChI is InChI=1S/C28H30N2O3/c1-21(24-19-29-25-13-7-6-12-23(24)25)18-28(31)30(20-22-10-4-3-5-11-22)16-17-33-27-15-9-8-14-26(27)32-2/h3-15,19,21,29H,16-18,20H2,1-2H3. The van der Waals surface area contributed by atoms with Gasteiger partial charge in [-0.15, -0.1) is 0 Å². The van der Waals surface area contributed by atoms with Gasteiger partial charge in [-0.25, -0.2) is 0 Å². The van der Waals surface area contributed by atoms with Crippen molar-refractivity contribution in [3.05, 3.63) is 96.2 Å². The molecular formula is C28H30N2O3. The highest BCUT2D eigenvalue weighted by molar-refractivity contribution is 5.85. The second-order valence-electron chi connectivity index (χ2n) is 8.19. The maximum atomic E-state index is 13.4. The molecule has 33 heavy (non-hydrogen) atoms. The van der Waals surface area contributed by atoms with E-state index in [-0.39, 0.29) is 11.8 Å². The number of carbonyl (C=O) groups excluding carboxylic acids is 1. The predicted molar refractivity (Wildman–Crippen MR) is 132 cm³/mol. The van der Waals surface area contributed by atoms with Crippen molar-refractivity contribution in [2.24, 2.45) is 0 Å². The van der Waals surface area contributed by atoms with Gasteiger partial charge in [-0.1, -0.05) is 67.6 Å². The van der Waals surface area contributed by atoms with Gasteiger partial charge in [-0.3, -0.25) is 4.79 Å². The fourth-order valence-electron chi connectivity index (χ4n) is 4.10. The monoisotopic (exact) mass is 442 g/mol. The highest BCUT2D eigenvalue weighted by Crippen LogP contribution is 2.29. The van der Waals surface area contributed by atoms with Gasteiger partial charge in [0.15, 0.2) is 11.5 Å². The van der Waals surface area contributed by atoms with Crippen molar-refractivity contribution in [2.45, 2.75) is 25.8 Å². The molecule has 0 aliphatic rings. The minimum absolute atomic E-state index is 0.0991. The Kier molecular flexibility index (Phi) is 7.30. The fraction of sp³-hybridized carbons (Fsp3) is 0.250. The minimum Gasteiger partial charge on any atom is -0.493 e. The van der Waals surface area contributed by atoms with Gasteiger partial charge in [0.05, 0.1) is 13.7 Å². The molecule has 1 heterocycles. The zero-order valence-electron chi connectivity index (χ0n) is 19.2. The van der Waals surface area contributed by atoms with Gasteiger partial charge < -0.3 is 19.4 Å². The van der Waals surface area contributed by atoms with Gasteiger partial charge in [-0.2, -0.15) is 0 Å². The summed E-state index contributed by atoms with van der Waals surface area (Å²) in [6, 6.07) is 25.8. The molecule has 0 spiro atoms. The lowest BCUT2D eigenvalue weighted by molar-refractivity contribution is -0.132. The maximum absolute atomic E-state index is 13.4. The largest absolute Gasteiger partial charge is 0.493 e. The number of aromatic amines is 1. The molecule has 0 radical (unpaired) electrons. The molecular weight excluding hydrogens is 412 g/mol. The summed E-state index contributed by atoms with van der Waals surface area (Å²) >= 11 is 0. The topological polar surface area (TPSA) is 54.6 Å². The van der Waals surface area contributed by atoms with Gasteiger partial charge in [0, 0.05) is 30.1 Å². The van der Waals surface area contributed by atoms with E-state index >= 15 is 0 Å². The Bertz CT molecular complexity index is 1190. The molecule has 0 aliphatic carbocycles. The summed E-state index contributed by atoms with van der Waals surface area (Å²) in [5.41, 5.74) is 3.37. The zero-order chi connectivity index (χ0) is 23.0. The molecule has 1 amide bonds. The summed E-state index contributed by atoms with van der Waals surface area (Å²) in [5, 5.41) is 1.17. The van der Waals surface area contributed by atoms with Crippen LogP contribution in [-0.2, 0) is 11.3 Å². The smallest absolute Gasteiger partial charge is 0.223 e. The molecule has 0 bridgehead atoms. The SMILES string of the molecule is COc1ccccc1OCCN(Cc1ccccc1)C(=O)CC(C)c1c[nH]c2ccccc12. The van der Waals surface area contributed by atoms with Crippen LogP contribution in [0.1, 0.15) is 30.4 Å². The van der Waals surface area contributed by atoms with Crippen molar-refractivity contribution in [1.29, 1.82) is 0 Å². The lowest BCUT2D eigenvalue weighted by Gasteiger charge is -2.25. The number of aromatic nitrogens is 1. The summed E-state index contributed by atoms with van der Waals surface area (Å²) in [6.45, 7) is 3.54. The Balaban J connectivity index is 1.45.